The summed E-state index contributed by atoms with van der Waals surface area (Å²) in [6, 6.07) is 17.7. The van der Waals surface area contributed by atoms with Gasteiger partial charge >= 0.3 is 5.91 Å². The lowest BCUT2D eigenvalue weighted by Crippen LogP contribution is -2.29. The Bertz CT molecular complexity index is 1520. The van der Waals surface area contributed by atoms with Gasteiger partial charge in [-0.25, -0.2) is 4.98 Å². The molecule has 5 rings (SSSR count). The molecule has 1 saturated heterocycles. The van der Waals surface area contributed by atoms with Gasteiger partial charge in [0.05, 0.1) is 28.4 Å². The van der Waals surface area contributed by atoms with Gasteiger partial charge < -0.3 is 9.84 Å². The first-order valence-electron chi connectivity index (χ1n) is 11.8. The quantitative estimate of drug-likeness (QED) is 0.200. The van der Waals surface area contributed by atoms with E-state index < -0.39 is 17.7 Å². The molecular formula is C29H26N2O4S. The van der Waals surface area contributed by atoms with Crippen molar-refractivity contribution in [3.05, 3.63) is 94.1 Å². The van der Waals surface area contributed by atoms with Crippen LogP contribution in [0.3, 0.4) is 0 Å². The SMILES string of the molecule is CCOc1ccc(C(O)=C2C(=O)C(=O)N(c3nc4c(C)cc(C)cc4s3)[C@@H]2c2ccc(C)cc2)cc1. The summed E-state index contributed by atoms with van der Waals surface area (Å²) in [7, 11) is 0. The topological polar surface area (TPSA) is 79.7 Å². The van der Waals surface area contributed by atoms with Crippen molar-refractivity contribution in [2.75, 3.05) is 11.5 Å². The van der Waals surface area contributed by atoms with Gasteiger partial charge in [-0.15, -0.1) is 0 Å². The smallest absolute Gasteiger partial charge is 0.301 e. The summed E-state index contributed by atoms with van der Waals surface area (Å²) in [5.74, 6) is -1.01. The number of aromatic nitrogens is 1. The summed E-state index contributed by atoms with van der Waals surface area (Å²) in [6.45, 7) is 8.38. The molecule has 0 spiro atoms. The van der Waals surface area contributed by atoms with Crippen molar-refractivity contribution in [1.82, 2.24) is 4.98 Å². The number of nitrogens with zero attached hydrogens (tertiary/aromatic N) is 2. The number of carbonyl (C=O) groups is 2. The highest BCUT2D eigenvalue weighted by atomic mass is 32.1. The molecule has 6 nitrogen and oxygen atoms in total. The van der Waals surface area contributed by atoms with Crippen LogP contribution in [0, 0.1) is 20.8 Å². The molecule has 0 unspecified atom stereocenters. The van der Waals surface area contributed by atoms with Gasteiger partial charge in [0.1, 0.15) is 11.5 Å². The zero-order valence-corrected chi connectivity index (χ0v) is 21.3. The van der Waals surface area contributed by atoms with Crippen LogP contribution in [0.15, 0.2) is 66.2 Å². The van der Waals surface area contributed by atoms with E-state index in [0.29, 0.717) is 23.1 Å². The number of hydrogen-bond acceptors (Lipinski definition) is 6. The van der Waals surface area contributed by atoms with Gasteiger partial charge in [-0.1, -0.05) is 47.2 Å². The predicted molar refractivity (Wildman–Crippen MR) is 143 cm³/mol. The molecule has 0 radical (unpaired) electrons. The molecule has 1 amide bonds. The number of aryl methyl sites for hydroxylation is 3. The zero-order chi connectivity index (χ0) is 25.6. The second kappa shape index (κ2) is 9.24. The molecule has 182 valence electrons. The van der Waals surface area contributed by atoms with E-state index in [2.05, 4.69) is 0 Å². The Morgan fingerprint density at radius 3 is 2.36 bits per heavy atom. The Balaban J connectivity index is 1.69. The number of benzene rings is 3. The minimum absolute atomic E-state index is 0.0418. The third kappa shape index (κ3) is 4.05. The van der Waals surface area contributed by atoms with Crippen LogP contribution in [0.1, 0.15) is 40.8 Å². The molecular weight excluding hydrogens is 472 g/mol. The summed E-state index contributed by atoms with van der Waals surface area (Å²) in [5, 5.41) is 11.8. The first-order valence-corrected chi connectivity index (χ1v) is 12.6. The van der Waals surface area contributed by atoms with Crippen molar-refractivity contribution in [2.24, 2.45) is 0 Å². The summed E-state index contributed by atoms with van der Waals surface area (Å²) in [4.78, 5) is 33.0. The van der Waals surface area contributed by atoms with Crippen LogP contribution < -0.4 is 9.64 Å². The minimum atomic E-state index is -0.806. The van der Waals surface area contributed by atoms with Gasteiger partial charge in [-0.3, -0.25) is 14.5 Å². The molecule has 7 heteroatoms. The number of anilines is 1. The van der Waals surface area contributed by atoms with Gasteiger partial charge in [0.25, 0.3) is 5.78 Å². The standard InChI is InChI=1S/C29H26N2O4S/c1-5-35-21-12-10-20(11-13-21)26(32)23-25(19-8-6-16(2)7-9-19)31(28(34)27(23)33)29-30-24-18(4)14-17(3)15-22(24)36-29/h6-15,25,32H,5H2,1-4H3/t25-/m1/s1. The Labute approximate surface area is 213 Å². The molecule has 36 heavy (non-hydrogen) atoms. The molecule has 1 aliphatic rings. The van der Waals surface area contributed by atoms with Crippen molar-refractivity contribution in [3.63, 3.8) is 0 Å². The summed E-state index contributed by atoms with van der Waals surface area (Å²) in [5.41, 5.74) is 5.15. The molecule has 0 aliphatic carbocycles. The summed E-state index contributed by atoms with van der Waals surface area (Å²) < 4.78 is 6.44. The maximum absolute atomic E-state index is 13.4. The number of Topliss-reactive ketones (excluding diaryl/α,β-unsaturated/α-hetero) is 1. The van der Waals surface area contributed by atoms with E-state index in [0.717, 1.165) is 32.5 Å². The van der Waals surface area contributed by atoms with E-state index in [4.69, 9.17) is 9.72 Å². The maximum atomic E-state index is 13.4. The first kappa shape index (κ1) is 23.8. The molecule has 1 fully saturated rings. The second-order valence-electron chi connectivity index (χ2n) is 8.96. The van der Waals surface area contributed by atoms with Crippen molar-refractivity contribution in [1.29, 1.82) is 0 Å². The van der Waals surface area contributed by atoms with Crippen LogP contribution in [0.5, 0.6) is 5.75 Å². The molecule has 0 bridgehead atoms. The summed E-state index contributed by atoms with van der Waals surface area (Å²) in [6.07, 6.45) is 0. The monoisotopic (exact) mass is 498 g/mol. The molecule has 0 saturated carbocycles. The third-order valence-corrected chi connectivity index (χ3v) is 7.30. The van der Waals surface area contributed by atoms with Gasteiger partial charge in [0, 0.05) is 5.56 Å². The number of hydrogen-bond donors (Lipinski definition) is 1. The highest BCUT2D eigenvalue weighted by molar-refractivity contribution is 7.22. The number of thiazole rings is 1. The molecule has 4 aromatic rings. The average Bonchev–Trinajstić information content (AvgIpc) is 3.38. The molecule has 1 N–H and O–H groups in total. The fourth-order valence-electron chi connectivity index (χ4n) is 4.59. The van der Waals surface area contributed by atoms with Gasteiger partial charge in [0.15, 0.2) is 5.13 Å². The zero-order valence-electron chi connectivity index (χ0n) is 20.5. The van der Waals surface area contributed by atoms with Crippen LogP contribution in [0.2, 0.25) is 0 Å². The normalized spacial score (nSPS) is 17.2. The fourth-order valence-corrected chi connectivity index (χ4v) is 5.76. The van der Waals surface area contributed by atoms with Gasteiger partial charge in [-0.05, 0) is 74.7 Å². The highest BCUT2D eigenvalue weighted by Crippen LogP contribution is 2.44. The van der Waals surface area contributed by atoms with Crippen LogP contribution >= 0.6 is 11.3 Å². The number of aliphatic hydroxyl groups excluding tert-OH is 1. The Hall–Kier alpha value is -3.97. The van der Waals surface area contributed by atoms with Crippen molar-refractivity contribution in [2.45, 2.75) is 33.7 Å². The van der Waals surface area contributed by atoms with Crippen molar-refractivity contribution >= 4 is 44.1 Å². The van der Waals surface area contributed by atoms with Crippen molar-refractivity contribution in [3.8, 4) is 5.75 Å². The molecule has 1 aliphatic heterocycles. The van der Waals surface area contributed by atoms with E-state index in [9.17, 15) is 14.7 Å². The number of carbonyl (C=O) groups excluding carboxylic acids is 2. The summed E-state index contributed by atoms with van der Waals surface area (Å²) >= 11 is 1.37. The number of amides is 1. The third-order valence-electron chi connectivity index (χ3n) is 6.30. The highest BCUT2D eigenvalue weighted by Gasteiger charge is 2.48. The van der Waals surface area contributed by atoms with E-state index >= 15 is 0 Å². The second-order valence-corrected chi connectivity index (χ2v) is 9.97. The van der Waals surface area contributed by atoms with E-state index in [1.54, 1.807) is 24.3 Å². The van der Waals surface area contributed by atoms with Gasteiger partial charge in [0.2, 0.25) is 0 Å². The number of ketones is 1. The van der Waals surface area contributed by atoms with Crippen LogP contribution in [0.4, 0.5) is 5.13 Å². The fraction of sp³-hybridized carbons (Fsp3) is 0.207. The number of rotatable bonds is 5. The number of fused-ring (bicyclic) bond motifs is 1. The van der Waals surface area contributed by atoms with Crippen LogP contribution in [-0.2, 0) is 9.59 Å². The molecule has 2 heterocycles. The predicted octanol–water partition coefficient (Wildman–Crippen LogP) is 6.25. The Morgan fingerprint density at radius 2 is 1.69 bits per heavy atom. The van der Waals surface area contributed by atoms with E-state index in [1.165, 1.54) is 16.2 Å². The molecule has 3 aromatic carbocycles. The lowest BCUT2D eigenvalue weighted by atomic mass is 9.95. The average molecular weight is 499 g/mol. The lowest BCUT2D eigenvalue weighted by molar-refractivity contribution is -0.132. The van der Waals surface area contributed by atoms with Crippen LogP contribution in [-0.4, -0.2) is 28.4 Å². The number of aliphatic hydroxyl groups is 1. The lowest BCUT2D eigenvalue weighted by Gasteiger charge is -2.23. The molecule has 1 aromatic heterocycles. The minimum Gasteiger partial charge on any atom is -0.507 e. The Morgan fingerprint density at radius 1 is 1.00 bits per heavy atom. The molecule has 1 atom stereocenters. The van der Waals surface area contributed by atoms with E-state index in [1.807, 2.05) is 64.1 Å². The number of ether oxygens (including phenoxy) is 1. The van der Waals surface area contributed by atoms with Crippen LogP contribution in [0.25, 0.3) is 16.0 Å². The van der Waals surface area contributed by atoms with E-state index in [-0.39, 0.29) is 11.3 Å². The Kier molecular flexibility index (Phi) is 6.10. The maximum Gasteiger partial charge on any atom is 0.301 e. The largest absolute Gasteiger partial charge is 0.507 e. The first-order chi connectivity index (χ1) is 17.3. The van der Waals surface area contributed by atoms with Gasteiger partial charge in [-0.2, -0.15) is 0 Å². The van der Waals surface area contributed by atoms with Crippen molar-refractivity contribution < 1.29 is 19.4 Å².